The number of hydrogen-bond acceptors (Lipinski definition) is 3. The van der Waals surface area contributed by atoms with Crippen molar-refractivity contribution in [2.24, 2.45) is 5.73 Å². The van der Waals surface area contributed by atoms with Crippen LogP contribution in [0.3, 0.4) is 0 Å². The first-order chi connectivity index (χ1) is 10.4. The lowest BCUT2D eigenvalue weighted by Crippen LogP contribution is -2.09. The van der Waals surface area contributed by atoms with Crippen LogP contribution in [0.5, 0.6) is 0 Å². The Hall–Kier alpha value is -2.52. The molecular formula is C18H17N3. The summed E-state index contributed by atoms with van der Waals surface area (Å²) >= 11 is 0. The van der Waals surface area contributed by atoms with Gasteiger partial charge in [-0.15, -0.1) is 0 Å². The Balaban J connectivity index is 2.07. The predicted molar refractivity (Wildman–Crippen MR) is 83.8 cm³/mol. The third-order valence-corrected chi connectivity index (χ3v) is 3.48. The first-order valence-corrected chi connectivity index (χ1v) is 6.99. The van der Waals surface area contributed by atoms with Gasteiger partial charge in [-0.1, -0.05) is 60.7 Å². The van der Waals surface area contributed by atoms with Crippen molar-refractivity contribution in [1.29, 1.82) is 0 Å². The summed E-state index contributed by atoms with van der Waals surface area (Å²) in [6.07, 6.45) is 3.61. The molecule has 0 atom stereocenters. The second-order valence-corrected chi connectivity index (χ2v) is 4.91. The molecule has 0 aliphatic heterocycles. The molecule has 0 radical (unpaired) electrons. The number of benzene rings is 2. The van der Waals surface area contributed by atoms with Crippen LogP contribution < -0.4 is 5.73 Å². The van der Waals surface area contributed by atoms with Crippen LogP contribution in [0.4, 0.5) is 0 Å². The third-order valence-electron chi connectivity index (χ3n) is 3.48. The topological polar surface area (TPSA) is 51.8 Å². The average molecular weight is 275 g/mol. The summed E-state index contributed by atoms with van der Waals surface area (Å²) in [4.78, 5) is 9.02. The minimum absolute atomic E-state index is 0.0409. The summed E-state index contributed by atoms with van der Waals surface area (Å²) in [5, 5.41) is 0. The van der Waals surface area contributed by atoms with Gasteiger partial charge >= 0.3 is 0 Å². The van der Waals surface area contributed by atoms with Crippen molar-refractivity contribution < 1.29 is 0 Å². The highest BCUT2D eigenvalue weighted by molar-refractivity contribution is 5.38. The zero-order valence-corrected chi connectivity index (χ0v) is 11.7. The monoisotopic (exact) mass is 275 g/mol. The number of aromatic nitrogens is 2. The second kappa shape index (κ2) is 6.29. The van der Waals surface area contributed by atoms with Gasteiger partial charge in [0.25, 0.3) is 0 Å². The standard InChI is InChI=1S/C18H17N3/c19-11-14-12-20-18(21-13-14)17(15-7-3-1-4-8-15)16-9-5-2-6-10-16/h1-10,12-13,17H,11,19H2. The van der Waals surface area contributed by atoms with Crippen LogP contribution in [-0.2, 0) is 6.54 Å². The van der Waals surface area contributed by atoms with Crippen molar-refractivity contribution in [2.75, 3.05) is 0 Å². The molecule has 0 aliphatic rings. The molecule has 0 spiro atoms. The molecule has 3 aromatic rings. The Morgan fingerprint density at radius 3 is 1.67 bits per heavy atom. The maximum atomic E-state index is 5.62. The smallest absolute Gasteiger partial charge is 0.140 e. The van der Waals surface area contributed by atoms with Crippen molar-refractivity contribution in [3.8, 4) is 0 Å². The quantitative estimate of drug-likeness (QED) is 0.796. The van der Waals surface area contributed by atoms with E-state index in [0.717, 1.165) is 11.4 Å². The molecule has 0 unspecified atom stereocenters. The highest BCUT2D eigenvalue weighted by atomic mass is 14.9. The zero-order chi connectivity index (χ0) is 14.5. The van der Waals surface area contributed by atoms with Gasteiger partial charge in [-0.3, -0.25) is 0 Å². The molecule has 0 aliphatic carbocycles. The maximum Gasteiger partial charge on any atom is 0.140 e. The Morgan fingerprint density at radius 1 is 0.762 bits per heavy atom. The Kier molecular flexibility index (Phi) is 4.03. The van der Waals surface area contributed by atoms with Crippen LogP contribution in [0.1, 0.15) is 28.4 Å². The summed E-state index contributed by atoms with van der Waals surface area (Å²) in [6, 6.07) is 20.6. The molecule has 104 valence electrons. The molecule has 2 aromatic carbocycles. The molecule has 21 heavy (non-hydrogen) atoms. The molecule has 0 fully saturated rings. The van der Waals surface area contributed by atoms with E-state index in [1.807, 2.05) is 36.4 Å². The van der Waals surface area contributed by atoms with E-state index in [0.29, 0.717) is 6.54 Å². The number of rotatable bonds is 4. The molecule has 3 nitrogen and oxygen atoms in total. The summed E-state index contributed by atoms with van der Waals surface area (Å²) in [5.41, 5.74) is 8.93. The first kappa shape index (κ1) is 13.5. The number of nitrogens with zero attached hydrogens (tertiary/aromatic N) is 2. The lowest BCUT2D eigenvalue weighted by atomic mass is 9.90. The van der Waals surface area contributed by atoms with Crippen LogP contribution >= 0.6 is 0 Å². The fourth-order valence-electron chi connectivity index (χ4n) is 2.40. The van der Waals surface area contributed by atoms with Crippen molar-refractivity contribution in [3.05, 3.63) is 95.6 Å². The number of nitrogens with two attached hydrogens (primary N) is 1. The fraction of sp³-hybridized carbons (Fsp3) is 0.111. The molecule has 0 saturated heterocycles. The highest BCUT2D eigenvalue weighted by Crippen LogP contribution is 2.29. The van der Waals surface area contributed by atoms with Crippen molar-refractivity contribution >= 4 is 0 Å². The van der Waals surface area contributed by atoms with Gasteiger partial charge < -0.3 is 5.73 Å². The van der Waals surface area contributed by atoms with Crippen LogP contribution in [0.2, 0.25) is 0 Å². The fourth-order valence-corrected chi connectivity index (χ4v) is 2.40. The molecule has 1 heterocycles. The van der Waals surface area contributed by atoms with Crippen LogP contribution in [0.25, 0.3) is 0 Å². The summed E-state index contributed by atoms with van der Waals surface area (Å²) in [7, 11) is 0. The molecule has 0 bridgehead atoms. The SMILES string of the molecule is NCc1cnc(C(c2ccccc2)c2ccccc2)nc1. The average Bonchev–Trinajstić information content (AvgIpc) is 2.58. The van der Waals surface area contributed by atoms with Gasteiger partial charge in [0.15, 0.2) is 0 Å². The summed E-state index contributed by atoms with van der Waals surface area (Å²) in [5.74, 6) is 0.837. The van der Waals surface area contributed by atoms with E-state index in [-0.39, 0.29) is 5.92 Å². The summed E-state index contributed by atoms with van der Waals surface area (Å²) in [6.45, 7) is 0.460. The van der Waals surface area contributed by atoms with Gasteiger partial charge in [0, 0.05) is 24.5 Å². The predicted octanol–water partition coefficient (Wildman–Crippen LogP) is 3.12. The van der Waals surface area contributed by atoms with E-state index in [4.69, 9.17) is 5.73 Å². The van der Waals surface area contributed by atoms with Gasteiger partial charge in [-0.2, -0.15) is 0 Å². The second-order valence-electron chi connectivity index (χ2n) is 4.91. The summed E-state index contributed by atoms with van der Waals surface area (Å²) < 4.78 is 0. The molecule has 3 heteroatoms. The van der Waals surface area contributed by atoms with Crippen LogP contribution in [0, 0.1) is 0 Å². The van der Waals surface area contributed by atoms with Gasteiger partial charge in [0.1, 0.15) is 5.82 Å². The van der Waals surface area contributed by atoms with Crippen molar-refractivity contribution in [3.63, 3.8) is 0 Å². The van der Waals surface area contributed by atoms with Crippen LogP contribution in [0.15, 0.2) is 73.1 Å². The van der Waals surface area contributed by atoms with Gasteiger partial charge in [-0.05, 0) is 11.1 Å². The first-order valence-electron chi connectivity index (χ1n) is 6.99. The van der Waals surface area contributed by atoms with Gasteiger partial charge in [0.05, 0.1) is 5.92 Å². The van der Waals surface area contributed by atoms with Crippen LogP contribution in [-0.4, -0.2) is 9.97 Å². The molecule has 2 N–H and O–H groups in total. The van der Waals surface area contributed by atoms with E-state index in [1.54, 1.807) is 12.4 Å². The minimum Gasteiger partial charge on any atom is -0.326 e. The Bertz CT molecular complexity index is 639. The van der Waals surface area contributed by atoms with E-state index < -0.39 is 0 Å². The minimum atomic E-state index is 0.0409. The van der Waals surface area contributed by atoms with Gasteiger partial charge in [0.2, 0.25) is 0 Å². The molecular weight excluding hydrogens is 258 g/mol. The van der Waals surface area contributed by atoms with E-state index >= 15 is 0 Å². The number of hydrogen-bond donors (Lipinski definition) is 1. The van der Waals surface area contributed by atoms with E-state index in [2.05, 4.69) is 34.2 Å². The van der Waals surface area contributed by atoms with E-state index in [1.165, 1.54) is 11.1 Å². The molecule has 1 aromatic heterocycles. The van der Waals surface area contributed by atoms with E-state index in [9.17, 15) is 0 Å². The van der Waals surface area contributed by atoms with Gasteiger partial charge in [-0.25, -0.2) is 9.97 Å². The lowest BCUT2D eigenvalue weighted by molar-refractivity contribution is 0.839. The molecule has 3 rings (SSSR count). The zero-order valence-electron chi connectivity index (χ0n) is 11.7. The largest absolute Gasteiger partial charge is 0.326 e. The Labute approximate surface area is 124 Å². The third kappa shape index (κ3) is 2.98. The normalized spacial score (nSPS) is 10.8. The maximum absolute atomic E-state index is 5.62. The highest BCUT2D eigenvalue weighted by Gasteiger charge is 2.18. The molecule has 0 amide bonds. The van der Waals surface area contributed by atoms with Crippen molar-refractivity contribution in [2.45, 2.75) is 12.5 Å². The molecule has 0 saturated carbocycles. The Morgan fingerprint density at radius 2 is 1.24 bits per heavy atom. The lowest BCUT2D eigenvalue weighted by Gasteiger charge is -2.16. The van der Waals surface area contributed by atoms with Crippen molar-refractivity contribution in [1.82, 2.24) is 9.97 Å².